The molecule has 1 unspecified atom stereocenters. The van der Waals surface area contributed by atoms with Crippen LogP contribution in [0.3, 0.4) is 0 Å². The molecule has 7 nitrogen and oxygen atoms in total. The van der Waals surface area contributed by atoms with Crippen LogP contribution in [0.5, 0.6) is 5.75 Å². The highest BCUT2D eigenvalue weighted by molar-refractivity contribution is 5.80. The number of nitrogens with two attached hydrogens (primary N) is 1. The van der Waals surface area contributed by atoms with Gasteiger partial charge in [0.05, 0.1) is 25.9 Å². The fourth-order valence-corrected chi connectivity index (χ4v) is 1.99. The van der Waals surface area contributed by atoms with Gasteiger partial charge in [0, 0.05) is 6.54 Å². The third-order valence-electron chi connectivity index (χ3n) is 3.15. The molecule has 1 heterocycles. The van der Waals surface area contributed by atoms with Crippen molar-refractivity contribution in [2.75, 3.05) is 39.1 Å². The van der Waals surface area contributed by atoms with Crippen LogP contribution < -0.4 is 10.5 Å². The predicted octanol–water partition coefficient (Wildman–Crippen LogP) is 0.0480. The average Bonchev–Trinajstić information content (AvgIpc) is 2.53. The summed E-state index contributed by atoms with van der Waals surface area (Å²) in [5.74, 6) is -0.250. The van der Waals surface area contributed by atoms with E-state index in [0.717, 1.165) is 0 Å². The van der Waals surface area contributed by atoms with Crippen LogP contribution in [-0.4, -0.2) is 56.3 Å². The van der Waals surface area contributed by atoms with Crippen LogP contribution in [0.25, 0.3) is 0 Å². The summed E-state index contributed by atoms with van der Waals surface area (Å²) in [4.78, 5) is 25.0. The number of para-hydroxylation sites is 2. The molecular formula is C14H18N2O5. The van der Waals surface area contributed by atoms with E-state index in [-0.39, 0.29) is 19.1 Å². The number of amides is 1. The average molecular weight is 294 g/mol. The van der Waals surface area contributed by atoms with Crippen LogP contribution in [0.4, 0.5) is 5.69 Å². The molecular weight excluding hydrogens is 276 g/mol. The zero-order chi connectivity index (χ0) is 15.2. The Kier molecular flexibility index (Phi) is 4.99. The van der Waals surface area contributed by atoms with Crippen molar-refractivity contribution in [3.05, 3.63) is 24.3 Å². The summed E-state index contributed by atoms with van der Waals surface area (Å²) in [6.45, 7) is 0.736. The Labute approximate surface area is 122 Å². The van der Waals surface area contributed by atoms with Gasteiger partial charge in [0.15, 0.2) is 12.7 Å². The van der Waals surface area contributed by atoms with Crippen molar-refractivity contribution in [1.29, 1.82) is 0 Å². The molecule has 1 aliphatic rings. The number of carbonyl (C=O) groups is 2. The van der Waals surface area contributed by atoms with Crippen molar-refractivity contribution >= 4 is 17.6 Å². The second-order valence-corrected chi connectivity index (χ2v) is 4.55. The summed E-state index contributed by atoms with van der Waals surface area (Å²) in [6, 6.07) is 6.95. The van der Waals surface area contributed by atoms with Gasteiger partial charge in [0.1, 0.15) is 5.75 Å². The molecule has 0 radical (unpaired) electrons. The normalized spacial score (nSPS) is 18.1. The molecule has 1 fully saturated rings. The number of benzene rings is 1. The number of hydrogen-bond acceptors (Lipinski definition) is 6. The molecule has 0 aromatic heterocycles. The van der Waals surface area contributed by atoms with Crippen molar-refractivity contribution in [2.45, 2.75) is 6.10 Å². The van der Waals surface area contributed by atoms with Crippen LogP contribution in [0.15, 0.2) is 24.3 Å². The summed E-state index contributed by atoms with van der Waals surface area (Å²) >= 11 is 0. The Bertz CT molecular complexity index is 520. The van der Waals surface area contributed by atoms with Gasteiger partial charge < -0.3 is 24.8 Å². The minimum Gasteiger partial charge on any atom is -0.482 e. The largest absolute Gasteiger partial charge is 0.482 e. The first-order chi connectivity index (χ1) is 10.1. The lowest BCUT2D eigenvalue weighted by Gasteiger charge is -2.31. The lowest BCUT2D eigenvalue weighted by atomic mass is 10.2. The molecule has 1 aromatic rings. The van der Waals surface area contributed by atoms with Crippen molar-refractivity contribution in [1.82, 2.24) is 4.90 Å². The zero-order valence-electron chi connectivity index (χ0n) is 11.8. The van der Waals surface area contributed by atoms with Crippen LogP contribution in [0.1, 0.15) is 0 Å². The molecule has 1 aliphatic heterocycles. The number of nitrogens with zero attached hydrogens (tertiary/aromatic N) is 1. The van der Waals surface area contributed by atoms with Gasteiger partial charge in [-0.2, -0.15) is 0 Å². The van der Waals surface area contributed by atoms with Crippen molar-refractivity contribution in [3.63, 3.8) is 0 Å². The molecule has 7 heteroatoms. The zero-order valence-corrected chi connectivity index (χ0v) is 11.8. The Morgan fingerprint density at radius 3 is 2.90 bits per heavy atom. The van der Waals surface area contributed by atoms with E-state index in [2.05, 4.69) is 4.74 Å². The summed E-state index contributed by atoms with van der Waals surface area (Å²) < 4.78 is 15.3. The van der Waals surface area contributed by atoms with Gasteiger partial charge in [0.25, 0.3) is 5.91 Å². The summed E-state index contributed by atoms with van der Waals surface area (Å²) in [7, 11) is 1.29. The highest BCUT2D eigenvalue weighted by Gasteiger charge is 2.30. The van der Waals surface area contributed by atoms with Crippen LogP contribution >= 0.6 is 0 Å². The highest BCUT2D eigenvalue weighted by Crippen LogP contribution is 2.19. The Balaban J connectivity index is 1.88. The first kappa shape index (κ1) is 15.1. The standard InChI is InChI=1S/C14H18N2O5/c1-19-14(18)12-8-16(6-7-20-12)13(17)9-21-11-5-3-2-4-10(11)15/h2-5,12H,6-9,15H2,1H3. The lowest BCUT2D eigenvalue weighted by Crippen LogP contribution is -2.50. The van der Waals surface area contributed by atoms with Gasteiger partial charge >= 0.3 is 5.97 Å². The van der Waals surface area contributed by atoms with Gasteiger partial charge in [-0.05, 0) is 12.1 Å². The second kappa shape index (κ2) is 6.94. The van der Waals surface area contributed by atoms with Crippen LogP contribution in [0, 0.1) is 0 Å². The molecule has 0 bridgehead atoms. The topological polar surface area (TPSA) is 91.1 Å². The van der Waals surface area contributed by atoms with E-state index in [1.807, 2.05) is 0 Å². The number of nitrogen functional groups attached to an aromatic ring is 1. The quantitative estimate of drug-likeness (QED) is 0.623. The van der Waals surface area contributed by atoms with E-state index in [1.54, 1.807) is 24.3 Å². The highest BCUT2D eigenvalue weighted by atomic mass is 16.6. The van der Waals surface area contributed by atoms with E-state index >= 15 is 0 Å². The summed E-state index contributed by atoms with van der Waals surface area (Å²) in [6.07, 6.45) is -0.741. The van der Waals surface area contributed by atoms with Gasteiger partial charge in [-0.3, -0.25) is 4.79 Å². The van der Waals surface area contributed by atoms with E-state index in [0.29, 0.717) is 24.6 Å². The number of esters is 1. The third kappa shape index (κ3) is 3.85. The second-order valence-electron chi connectivity index (χ2n) is 4.55. The number of morpholine rings is 1. The maximum absolute atomic E-state index is 12.1. The third-order valence-corrected chi connectivity index (χ3v) is 3.15. The van der Waals surface area contributed by atoms with Gasteiger partial charge in [-0.25, -0.2) is 4.79 Å². The van der Waals surface area contributed by atoms with E-state index in [1.165, 1.54) is 12.0 Å². The minimum atomic E-state index is -0.741. The molecule has 0 saturated carbocycles. The number of hydrogen-bond donors (Lipinski definition) is 1. The first-order valence-electron chi connectivity index (χ1n) is 6.56. The SMILES string of the molecule is COC(=O)C1CN(C(=O)COc2ccccc2N)CCO1. The van der Waals surface area contributed by atoms with Crippen LogP contribution in [-0.2, 0) is 19.1 Å². The molecule has 1 aromatic carbocycles. The monoisotopic (exact) mass is 294 g/mol. The van der Waals surface area contributed by atoms with Gasteiger partial charge in [-0.15, -0.1) is 0 Å². The van der Waals surface area contributed by atoms with E-state index in [4.69, 9.17) is 15.2 Å². The summed E-state index contributed by atoms with van der Waals surface area (Å²) in [5, 5.41) is 0. The maximum atomic E-state index is 12.1. The fourth-order valence-electron chi connectivity index (χ4n) is 1.99. The van der Waals surface area contributed by atoms with E-state index in [9.17, 15) is 9.59 Å². The van der Waals surface area contributed by atoms with Crippen molar-refractivity contribution in [3.8, 4) is 5.75 Å². The smallest absolute Gasteiger partial charge is 0.336 e. The number of ether oxygens (including phenoxy) is 3. The first-order valence-corrected chi connectivity index (χ1v) is 6.56. The molecule has 1 saturated heterocycles. The molecule has 0 spiro atoms. The Morgan fingerprint density at radius 1 is 1.43 bits per heavy atom. The summed E-state index contributed by atoms with van der Waals surface area (Å²) in [5.41, 5.74) is 6.21. The maximum Gasteiger partial charge on any atom is 0.336 e. The number of carbonyl (C=O) groups excluding carboxylic acids is 2. The Morgan fingerprint density at radius 2 is 2.19 bits per heavy atom. The number of anilines is 1. The van der Waals surface area contributed by atoms with Crippen molar-refractivity contribution < 1.29 is 23.8 Å². The molecule has 21 heavy (non-hydrogen) atoms. The van der Waals surface area contributed by atoms with Crippen LogP contribution in [0.2, 0.25) is 0 Å². The van der Waals surface area contributed by atoms with Gasteiger partial charge in [-0.1, -0.05) is 12.1 Å². The minimum absolute atomic E-state index is 0.137. The molecule has 1 atom stereocenters. The number of methoxy groups -OCH3 is 1. The van der Waals surface area contributed by atoms with E-state index < -0.39 is 12.1 Å². The molecule has 2 rings (SSSR count). The Hall–Kier alpha value is -2.28. The molecule has 2 N–H and O–H groups in total. The van der Waals surface area contributed by atoms with Crippen molar-refractivity contribution in [2.24, 2.45) is 0 Å². The molecule has 1 amide bonds. The molecule has 114 valence electrons. The van der Waals surface area contributed by atoms with Gasteiger partial charge in [0.2, 0.25) is 0 Å². The fraction of sp³-hybridized carbons (Fsp3) is 0.429. The predicted molar refractivity (Wildman–Crippen MR) is 74.7 cm³/mol. The number of rotatable bonds is 4. The molecule has 0 aliphatic carbocycles. The lowest BCUT2D eigenvalue weighted by molar-refractivity contribution is -0.163.